The minimum Gasteiger partial charge on any atom is -0.303 e. The first-order valence-electron chi connectivity index (χ1n) is 5.59. The highest BCUT2D eigenvalue weighted by molar-refractivity contribution is 5.89. The van der Waals surface area contributed by atoms with Crippen LogP contribution in [0.4, 0.5) is 0 Å². The van der Waals surface area contributed by atoms with Gasteiger partial charge in [-0.1, -0.05) is 35.4 Å². The summed E-state index contributed by atoms with van der Waals surface area (Å²) in [4.78, 5) is 0. The summed E-state index contributed by atoms with van der Waals surface area (Å²) in [5.74, 6) is 0.361. The zero-order valence-corrected chi connectivity index (χ0v) is 10.4. The minimum atomic E-state index is 0.361. The highest BCUT2D eigenvalue weighted by Crippen LogP contribution is 2.20. The van der Waals surface area contributed by atoms with Crippen molar-refractivity contribution in [2.45, 2.75) is 13.8 Å². The van der Waals surface area contributed by atoms with Crippen molar-refractivity contribution in [3.63, 3.8) is 0 Å². The number of nitrogens with zero attached hydrogens (tertiary/aromatic N) is 2. The lowest BCUT2D eigenvalue weighted by atomic mass is 9.98. The molecule has 0 saturated carbocycles. The molecule has 84 valence electrons. The van der Waals surface area contributed by atoms with Crippen LogP contribution in [0.1, 0.15) is 13.8 Å². The Kier molecular flexibility index (Phi) is 2.82. The van der Waals surface area contributed by atoms with Gasteiger partial charge in [0.25, 0.3) is 0 Å². The molecule has 0 N–H and O–H groups in total. The maximum Gasteiger partial charge on any atom is 0.0392 e. The molecule has 0 atom stereocenters. The van der Waals surface area contributed by atoms with E-state index in [1.54, 1.807) is 0 Å². The second-order valence-corrected chi connectivity index (χ2v) is 4.50. The first-order valence-corrected chi connectivity index (χ1v) is 5.59. The topological polar surface area (TPSA) is 15.6 Å². The molecule has 0 aliphatic heterocycles. The zero-order chi connectivity index (χ0) is 11.7. The molecule has 0 heterocycles. The van der Waals surface area contributed by atoms with Gasteiger partial charge in [-0.15, -0.1) is 0 Å². The Hall–Kier alpha value is -1.57. The van der Waals surface area contributed by atoms with E-state index in [1.807, 2.05) is 25.3 Å². The second kappa shape index (κ2) is 4.12. The van der Waals surface area contributed by atoms with E-state index in [-0.39, 0.29) is 0 Å². The van der Waals surface area contributed by atoms with Crippen LogP contribution in [0.2, 0.25) is 0 Å². The van der Waals surface area contributed by atoms with E-state index >= 15 is 0 Å². The Morgan fingerprint density at radius 2 is 1.56 bits per heavy atom. The van der Waals surface area contributed by atoms with Gasteiger partial charge in [0.2, 0.25) is 0 Å². The van der Waals surface area contributed by atoms with Gasteiger partial charge in [-0.25, -0.2) is 0 Å². The number of hydrogen-bond acceptors (Lipinski definition) is 2. The maximum atomic E-state index is 4.36. The lowest BCUT2D eigenvalue weighted by Crippen LogP contribution is -2.22. The molecule has 1 aromatic rings. The molecular formula is C14H18N2. The number of hydrazone groups is 1. The van der Waals surface area contributed by atoms with Gasteiger partial charge in [-0.05, 0) is 24.3 Å². The molecule has 0 amide bonds. The van der Waals surface area contributed by atoms with Gasteiger partial charge in [-0.3, -0.25) is 0 Å². The van der Waals surface area contributed by atoms with E-state index < -0.39 is 0 Å². The van der Waals surface area contributed by atoms with Crippen molar-refractivity contribution in [2.24, 2.45) is 11.0 Å². The van der Waals surface area contributed by atoms with Crippen LogP contribution in [0.15, 0.2) is 29.4 Å². The van der Waals surface area contributed by atoms with Crippen molar-refractivity contribution in [1.29, 1.82) is 0 Å². The number of benzene rings is 1. The Labute approximate surface area is 96.6 Å². The van der Waals surface area contributed by atoms with E-state index in [9.17, 15) is 0 Å². The molecule has 0 aromatic heterocycles. The van der Waals surface area contributed by atoms with Crippen molar-refractivity contribution in [1.82, 2.24) is 5.01 Å². The summed E-state index contributed by atoms with van der Waals surface area (Å²) >= 11 is 0. The lowest BCUT2D eigenvalue weighted by molar-refractivity contribution is 0.438. The van der Waals surface area contributed by atoms with Crippen LogP contribution in [0, 0.1) is 5.92 Å². The van der Waals surface area contributed by atoms with Gasteiger partial charge in [0.1, 0.15) is 0 Å². The molecule has 2 nitrogen and oxygen atoms in total. The summed E-state index contributed by atoms with van der Waals surface area (Å²) in [5.41, 5.74) is 2.80. The first-order chi connectivity index (χ1) is 7.61. The summed E-state index contributed by atoms with van der Waals surface area (Å²) in [6.45, 7) is 4.39. The predicted octanol–water partition coefficient (Wildman–Crippen LogP) is 1.21. The number of hydrogen-bond donors (Lipinski definition) is 0. The van der Waals surface area contributed by atoms with Crippen LogP contribution < -0.4 is 10.4 Å². The van der Waals surface area contributed by atoms with E-state index in [2.05, 4.69) is 43.2 Å². The van der Waals surface area contributed by atoms with E-state index in [0.29, 0.717) is 5.92 Å². The Morgan fingerprint density at radius 3 is 2.00 bits per heavy atom. The molecule has 0 bridgehead atoms. The molecule has 0 saturated heterocycles. The maximum absolute atomic E-state index is 4.36. The molecule has 0 radical (unpaired) electrons. The molecule has 16 heavy (non-hydrogen) atoms. The lowest BCUT2D eigenvalue weighted by Gasteiger charge is -2.10. The van der Waals surface area contributed by atoms with E-state index in [1.165, 1.54) is 21.6 Å². The van der Waals surface area contributed by atoms with Crippen molar-refractivity contribution in [3.05, 3.63) is 34.7 Å². The van der Waals surface area contributed by atoms with Gasteiger partial charge >= 0.3 is 0 Å². The normalized spacial score (nSPS) is 16.0. The summed E-state index contributed by atoms with van der Waals surface area (Å²) in [6.07, 6.45) is 2.03. The van der Waals surface area contributed by atoms with Crippen molar-refractivity contribution in [3.8, 4) is 0 Å². The van der Waals surface area contributed by atoms with Crippen molar-refractivity contribution >= 4 is 17.4 Å². The zero-order valence-electron chi connectivity index (χ0n) is 10.4. The first kappa shape index (κ1) is 10.9. The van der Waals surface area contributed by atoms with Gasteiger partial charge in [0, 0.05) is 26.2 Å². The fraction of sp³-hybridized carbons (Fsp3) is 0.357. The molecule has 2 heteroatoms. The number of fused-ring (bicyclic) bond motifs is 1. The second-order valence-electron chi connectivity index (χ2n) is 4.50. The van der Waals surface area contributed by atoms with Crippen LogP contribution in [0.25, 0.3) is 11.1 Å². The smallest absolute Gasteiger partial charge is 0.0392 e. The molecule has 1 aliphatic rings. The van der Waals surface area contributed by atoms with E-state index in [4.69, 9.17) is 0 Å². The molecule has 0 spiro atoms. The summed E-state index contributed by atoms with van der Waals surface area (Å²) in [6, 6.07) is 8.58. The fourth-order valence-electron chi connectivity index (χ4n) is 2.25. The Balaban J connectivity index is 2.52. The molecule has 0 unspecified atom stereocenters. The monoisotopic (exact) mass is 214 g/mol. The highest BCUT2D eigenvalue weighted by atomic mass is 15.4. The summed E-state index contributed by atoms with van der Waals surface area (Å²) in [5, 5.41) is 8.94. The Bertz CT molecular complexity index is 497. The van der Waals surface area contributed by atoms with Gasteiger partial charge in [0.15, 0.2) is 0 Å². The molecule has 0 fully saturated rings. The summed E-state index contributed by atoms with van der Waals surface area (Å²) in [7, 11) is 3.90. The third-order valence-corrected chi connectivity index (χ3v) is 3.16. The fourth-order valence-corrected chi connectivity index (χ4v) is 2.25. The average molecular weight is 214 g/mol. The Morgan fingerprint density at radius 1 is 1.06 bits per heavy atom. The van der Waals surface area contributed by atoms with Crippen LogP contribution in [-0.4, -0.2) is 25.3 Å². The van der Waals surface area contributed by atoms with Crippen LogP contribution in [0.5, 0.6) is 0 Å². The third-order valence-electron chi connectivity index (χ3n) is 3.16. The van der Waals surface area contributed by atoms with Gasteiger partial charge < -0.3 is 5.01 Å². The van der Waals surface area contributed by atoms with Crippen LogP contribution in [-0.2, 0) is 0 Å². The SMILES string of the molecule is CC1=c2ccccc2=C(C)C1/C=N/N(C)C. The molecule has 2 rings (SSSR count). The minimum absolute atomic E-state index is 0.361. The quantitative estimate of drug-likeness (QED) is 0.533. The molecular weight excluding hydrogens is 196 g/mol. The van der Waals surface area contributed by atoms with Gasteiger partial charge in [0.05, 0.1) is 0 Å². The standard InChI is InChI=1S/C14H18N2/c1-10-12-7-5-6-8-13(12)11(2)14(10)9-15-16(3)4/h5-9,14H,1-4H3/b15-9+. The molecule has 1 aliphatic carbocycles. The number of rotatable bonds is 2. The largest absolute Gasteiger partial charge is 0.303 e. The van der Waals surface area contributed by atoms with E-state index in [0.717, 1.165) is 0 Å². The molecule has 1 aromatic carbocycles. The van der Waals surface area contributed by atoms with Crippen LogP contribution in [0.3, 0.4) is 0 Å². The highest BCUT2D eigenvalue weighted by Gasteiger charge is 2.17. The van der Waals surface area contributed by atoms with Crippen molar-refractivity contribution in [2.75, 3.05) is 14.1 Å². The van der Waals surface area contributed by atoms with Crippen molar-refractivity contribution < 1.29 is 0 Å². The van der Waals surface area contributed by atoms with Crippen LogP contribution >= 0.6 is 0 Å². The third kappa shape index (κ3) is 1.75. The predicted molar refractivity (Wildman–Crippen MR) is 69.5 cm³/mol. The average Bonchev–Trinajstić information content (AvgIpc) is 2.50. The summed E-state index contributed by atoms with van der Waals surface area (Å²) < 4.78 is 0. The van der Waals surface area contributed by atoms with Gasteiger partial charge in [-0.2, -0.15) is 5.10 Å².